The fourth-order valence-electron chi connectivity index (χ4n) is 2.57. The standard InChI is InChI=1S/C13H18N4O2S/c1-6-7(2)20-13-11(6)12(14)15-10(16-13)5-17-3-8(18)9(19)4-17/h8-9,18-19H,3-5H2,1-2H3,(H2,14,15,16)/t8-,9+. The lowest BCUT2D eigenvalue weighted by molar-refractivity contribution is 0.0572. The molecule has 0 aromatic carbocycles. The smallest absolute Gasteiger partial charge is 0.146 e. The van der Waals surface area contributed by atoms with E-state index in [1.54, 1.807) is 11.3 Å². The van der Waals surface area contributed by atoms with E-state index in [1.165, 1.54) is 4.88 Å². The molecule has 4 N–H and O–H groups in total. The zero-order chi connectivity index (χ0) is 14.4. The maximum absolute atomic E-state index is 9.56. The Kier molecular flexibility index (Phi) is 3.37. The highest BCUT2D eigenvalue weighted by atomic mass is 32.1. The number of nitrogens with two attached hydrogens (primary N) is 1. The number of aryl methyl sites for hydroxylation is 2. The minimum absolute atomic E-state index is 0.435. The summed E-state index contributed by atoms with van der Waals surface area (Å²) in [6, 6.07) is 0. The van der Waals surface area contributed by atoms with E-state index in [-0.39, 0.29) is 0 Å². The van der Waals surface area contributed by atoms with Crippen LogP contribution in [0.15, 0.2) is 0 Å². The van der Waals surface area contributed by atoms with E-state index in [2.05, 4.69) is 9.97 Å². The number of rotatable bonds is 2. The molecule has 2 aromatic heterocycles. The lowest BCUT2D eigenvalue weighted by atomic mass is 10.2. The number of thiophene rings is 1. The molecule has 20 heavy (non-hydrogen) atoms. The number of hydrogen-bond acceptors (Lipinski definition) is 7. The summed E-state index contributed by atoms with van der Waals surface area (Å²) in [5, 5.41) is 20.1. The predicted molar refractivity (Wildman–Crippen MR) is 78.6 cm³/mol. The van der Waals surface area contributed by atoms with E-state index < -0.39 is 12.2 Å². The van der Waals surface area contributed by atoms with E-state index >= 15 is 0 Å². The van der Waals surface area contributed by atoms with Crippen LogP contribution >= 0.6 is 11.3 Å². The largest absolute Gasteiger partial charge is 0.389 e. The average molecular weight is 294 g/mol. The maximum atomic E-state index is 9.56. The molecule has 0 aliphatic carbocycles. The van der Waals surface area contributed by atoms with E-state index in [9.17, 15) is 10.2 Å². The van der Waals surface area contributed by atoms with Gasteiger partial charge < -0.3 is 15.9 Å². The lowest BCUT2D eigenvalue weighted by Gasteiger charge is -2.13. The molecule has 2 aromatic rings. The Labute approximate surface area is 120 Å². The van der Waals surface area contributed by atoms with Gasteiger partial charge in [-0.05, 0) is 19.4 Å². The van der Waals surface area contributed by atoms with Crippen molar-refractivity contribution in [2.45, 2.75) is 32.6 Å². The van der Waals surface area contributed by atoms with E-state index in [4.69, 9.17) is 5.73 Å². The van der Waals surface area contributed by atoms with Gasteiger partial charge in [-0.25, -0.2) is 9.97 Å². The zero-order valence-electron chi connectivity index (χ0n) is 11.5. The van der Waals surface area contributed by atoms with Gasteiger partial charge >= 0.3 is 0 Å². The first kappa shape index (κ1) is 13.7. The van der Waals surface area contributed by atoms with Crippen molar-refractivity contribution in [3.63, 3.8) is 0 Å². The summed E-state index contributed by atoms with van der Waals surface area (Å²) in [7, 11) is 0. The monoisotopic (exact) mass is 294 g/mol. The number of aromatic nitrogens is 2. The summed E-state index contributed by atoms with van der Waals surface area (Å²) >= 11 is 1.62. The minimum Gasteiger partial charge on any atom is -0.389 e. The average Bonchev–Trinajstić information content (AvgIpc) is 2.81. The molecule has 0 saturated carbocycles. The second-order valence-electron chi connectivity index (χ2n) is 5.32. The Morgan fingerprint density at radius 2 is 1.90 bits per heavy atom. The highest BCUT2D eigenvalue weighted by Crippen LogP contribution is 2.32. The number of β-amino-alcohol motifs (C(OH)–C–C–N with tert-alkyl or cyclic N) is 2. The highest BCUT2D eigenvalue weighted by Gasteiger charge is 2.30. The lowest BCUT2D eigenvalue weighted by Crippen LogP contribution is -2.23. The Bertz CT molecular complexity index is 647. The number of nitrogen functional groups attached to an aromatic ring is 1. The quantitative estimate of drug-likeness (QED) is 0.743. The number of aliphatic hydroxyl groups is 2. The Morgan fingerprint density at radius 3 is 2.55 bits per heavy atom. The predicted octanol–water partition coefficient (Wildman–Crippen LogP) is 0.428. The molecule has 2 atom stereocenters. The number of anilines is 1. The van der Waals surface area contributed by atoms with Crippen molar-refractivity contribution < 1.29 is 10.2 Å². The minimum atomic E-state index is -0.692. The van der Waals surface area contributed by atoms with Crippen LogP contribution < -0.4 is 5.73 Å². The van der Waals surface area contributed by atoms with Crippen LogP contribution in [0.25, 0.3) is 10.2 Å². The zero-order valence-corrected chi connectivity index (χ0v) is 12.3. The Hall–Kier alpha value is -1.28. The molecule has 1 aliphatic rings. The third kappa shape index (κ3) is 2.26. The second-order valence-corrected chi connectivity index (χ2v) is 6.52. The first-order chi connectivity index (χ1) is 9.45. The molecule has 1 saturated heterocycles. The van der Waals surface area contributed by atoms with Gasteiger partial charge in [0.15, 0.2) is 0 Å². The first-order valence-electron chi connectivity index (χ1n) is 6.56. The molecule has 6 nitrogen and oxygen atoms in total. The third-order valence-corrected chi connectivity index (χ3v) is 4.90. The van der Waals surface area contributed by atoms with E-state index in [1.807, 2.05) is 18.7 Å². The first-order valence-corrected chi connectivity index (χ1v) is 7.38. The Morgan fingerprint density at radius 1 is 1.25 bits per heavy atom. The SMILES string of the molecule is Cc1sc2nc(CN3C[C@@H](O)[C@@H](O)C3)nc(N)c2c1C. The summed E-state index contributed by atoms with van der Waals surface area (Å²) in [5.41, 5.74) is 7.18. The normalized spacial score (nSPS) is 23.8. The molecule has 0 bridgehead atoms. The molecule has 1 fully saturated rings. The van der Waals surface area contributed by atoms with Crippen LogP contribution in [0, 0.1) is 13.8 Å². The molecule has 0 spiro atoms. The summed E-state index contributed by atoms with van der Waals surface area (Å²) in [5.74, 6) is 1.14. The molecule has 3 heterocycles. The highest BCUT2D eigenvalue weighted by molar-refractivity contribution is 7.18. The number of likely N-dealkylation sites (tertiary alicyclic amines) is 1. The van der Waals surface area contributed by atoms with Crippen molar-refractivity contribution in [3.8, 4) is 0 Å². The van der Waals surface area contributed by atoms with Crippen LogP contribution in [0.5, 0.6) is 0 Å². The number of nitrogens with zero attached hydrogens (tertiary/aromatic N) is 3. The maximum Gasteiger partial charge on any atom is 0.146 e. The summed E-state index contributed by atoms with van der Waals surface area (Å²) in [6.07, 6.45) is -1.38. The summed E-state index contributed by atoms with van der Waals surface area (Å²) in [6.45, 7) is 5.44. The summed E-state index contributed by atoms with van der Waals surface area (Å²) in [4.78, 5) is 12.9. The van der Waals surface area contributed by atoms with Crippen LogP contribution in [-0.4, -0.2) is 50.4 Å². The van der Waals surface area contributed by atoms with Crippen molar-refractivity contribution in [1.29, 1.82) is 0 Å². The van der Waals surface area contributed by atoms with Crippen molar-refractivity contribution in [2.24, 2.45) is 0 Å². The van der Waals surface area contributed by atoms with Gasteiger partial charge in [-0.1, -0.05) is 0 Å². The molecule has 0 unspecified atom stereocenters. The van der Waals surface area contributed by atoms with Crippen molar-refractivity contribution in [2.75, 3.05) is 18.8 Å². The van der Waals surface area contributed by atoms with Crippen LogP contribution in [0.2, 0.25) is 0 Å². The van der Waals surface area contributed by atoms with Gasteiger partial charge in [-0.3, -0.25) is 4.90 Å². The van der Waals surface area contributed by atoms with E-state index in [0.29, 0.717) is 31.3 Å². The molecule has 1 aliphatic heterocycles. The van der Waals surface area contributed by atoms with Crippen LogP contribution in [0.1, 0.15) is 16.3 Å². The fraction of sp³-hybridized carbons (Fsp3) is 0.538. The molecular weight excluding hydrogens is 276 g/mol. The number of hydrogen-bond donors (Lipinski definition) is 3. The van der Waals surface area contributed by atoms with Gasteiger partial charge in [0, 0.05) is 18.0 Å². The Balaban J connectivity index is 1.90. The van der Waals surface area contributed by atoms with Gasteiger partial charge in [0.25, 0.3) is 0 Å². The molecular formula is C13H18N4O2S. The number of fused-ring (bicyclic) bond motifs is 1. The van der Waals surface area contributed by atoms with Crippen molar-refractivity contribution >= 4 is 27.4 Å². The molecule has 0 amide bonds. The molecule has 108 valence electrons. The molecule has 0 radical (unpaired) electrons. The van der Waals surface area contributed by atoms with Crippen molar-refractivity contribution in [1.82, 2.24) is 14.9 Å². The molecule has 7 heteroatoms. The third-order valence-electron chi connectivity index (χ3n) is 3.80. The van der Waals surface area contributed by atoms with Gasteiger partial charge in [-0.2, -0.15) is 0 Å². The molecule has 3 rings (SSSR count). The van der Waals surface area contributed by atoms with Gasteiger partial charge in [-0.15, -0.1) is 11.3 Å². The van der Waals surface area contributed by atoms with Crippen LogP contribution in [-0.2, 0) is 6.54 Å². The number of aliphatic hydroxyl groups excluding tert-OH is 2. The van der Waals surface area contributed by atoms with Gasteiger partial charge in [0.05, 0.1) is 24.1 Å². The summed E-state index contributed by atoms with van der Waals surface area (Å²) < 4.78 is 0. The second kappa shape index (κ2) is 4.92. The topological polar surface area (TPSA) is 95.5 Å². The van der Waals surface area contributed by atoms with E-state index in [0.717, 1.165) is 15.8 Å². The van der Waals surface area contributed by atoms with Crippen molar-refractivity contribution in [3.05, 3.63) is 16.3 Å². The fourth-order valence-corrected chi connectivity index (χ4v) is 3.63. The van der Waals surface area contributed by atoms with Crippen LogP contribution in [0.3, 0.4) is 0 Å². The van der Waals surface area contributed by atoms with Crippen LogP contribution in [0.4, 0.5) is 5.82 Å². The van der Waals surface area contributed by atoms with Gasteiger partial charge in [0.1, 0.15) is 16.5 Å². The van der Waals surface area contributed by atoms with Gasteiger partial charge in [0.2, 0.25) is 0 Å².